The molecule has 0 radical (unpaired) electrons. The van der Waals surface area contributed by atoms with Gasteiger partial charge in [-0.05, 0) is 22.0 Å². The van der Waals surface area contributed by atoms with Crippen LogP contribution >= 0.6 is 39.5 Å². The summed E-state index contributed by atoms with van der Waals surface area (Å²) >= 11 is 7.10. The van der Waals surface area contributed by atoms with E-state index in [0.717, 1.165) is 12.3 Å². The van der Waals surface area contributed by atoms with Crippen molar-refractivity contribution >= 4 is 45.3 Å². The molecule has 0 saturated carbocycles. The number of anilines is 1. The molecular weight excluding hydrogens is 311 g/mol. The molecule has 2 rings (SSSR count). The fourth-order valence-electron chi connectivity index (χ4n) is 1.41. The summed E-state index contributed by atoms with van der Waals surface area (Å²) in [5.74, 6) is 3.59. The molecule has 2 nitrogen and oxygen atoms in total. The molecule has 1 atom stereocenters. The van der Waals surface area contributed by atoms with Crippen LogP contribution in [0.25, 0.3) is 0 Å². The van der Waals surface area contributed by atoms with Crippen LogP contribution in [0, 0.1) is 5.82 Å². The summed E-state index contributed by atoms with van der Waals surface area (Å²) in [6.45, 7) is 0.781. The van der Waals surface area contributed by atoms with Crippen molar-refractivity contribution in [3.05, 3.63) is 22.6 Å². The molecule has 0 bridgehead atoms. The standard InChI is InChI=1S/C10H12BrFN2S2/c11-7-3-9(12)10(13-4-7)14-5-8-6-15-1-2-16-8/h3-4,8H,1-2,5-6H2,(H,13,14). The van der Waals surface area contributed by atoms with E-state index in [4.69, 9.17) is 0 Å². The van der Waals surface area contributed by atoms with Gasteiger partial charge in [0, 0.05) is 39.7 Å². The Balaban J connectivity index is 1.88. The number of halogens is 2. The normalized spacial score (nSPS) is 20.8. The van der Waals surface area contributed by atoms with Crippen LogP contribution in [0.1, 0.15) is 0 Å². The first-order valence-corrected chi connectivity index (χ1v) is 7.99. The van der Waals surface area contributed by atoms with E-state index >= 15 is 0 Å². The molecule has 1 saturated heterocycles. The number of pyridine rings is 1. The van der Waals surface area contributed by atoms with Gasteiger partial charge in [-0.3, -0.25) is 0 Å². The van der Waals surface area contributed by atoms with Crippen molar-refractivity contribution in [3.8, 4) is 0 Å². The van der Waals surface area contributed by atoms with Gasteiger partial charge in [0.15, 0.2) is 11.6 Å². The van der Waals surface area contributed by atoms with Gasteiger partial charge in [0.2, 0.25) is 0 Å². The molecule has 6 heteroatoms. The van der Waals surface area contributed by atoms with E-state index in [9.17, 15) is 4.39 Å². The summed E-state index contributed by atoms with van der Waals surface area (Å²) < 4.78 is 14.1. The Labute approximate surface area is 111 Å². The van der Waals surface area contributed by atoms with Gasteiger partial charge in [0.05, 0.1) is 0 Å². The Hall–Kier alpha value is 0.0600. The van der Waals surface area contributed by atoms with Crippen molar-refractivity contribution in [1.29, 1.82) is 0 Å². The molecule has 2 heterocycles. The molecule has 1 aromatic rings. The highest BCUT2D eigenvalue weighted by Crippen LogP contribution is 2.24. The maximum Gasteiger partial charge on any atom is 0.166 e. The molecule has 1 aliphatic heterocycles. The van der Waals surface area contributed by atoms with Gasteiger partial charge >= 0.3 is 0 Å². The Morgan fingerprint density at radius 3 is 3.12 bits per heavy atom. The maximum atomic E-state index is 13.4. The molecule has 1 unspecified atom stereocenters. The zero-order valence-corrected chi connectivity index (χ0v) is 11.8. The largest absolute Gasteiger partial charge is 0.366 e. The van der Waals surface area contributed by atoms with Crippen LogP contribution in [0.4, 0.5) is 10.2 Å². The molecule has 0 aromatic carbocycles. The van der Waals surface area contributed by atoms with Gasteiger partial charge in [0.25, 0.3) is 0 Å². The van der Waals surface area contributed by atoms with Crippen LogP contribution in [0.5, 0.6) is 0 Å². The minimum atomic E-state index is -0.303. The highest BCUT2D eigenvalue weighted by atomic mass is 79.9. The van der Waals surface area contributed by atoms with E-state index in [1.54, 1.807) is 6.20 Å². The first-order valence-electron chi connectivity index (χ1n) is 5.00. The summed E-state index contributed by atoms with van der Waals surface area (Å²) in [7, 11) is 0. The molecule has 16 heavy (non-hydrogen) atoms. The van der Waals surface area contributed by atoms with E-state index in [0.29, 0.717) is 15.5 Å². The van der Waals surface area contributed by atoms with Crippen LogP contribution in [-0.4, -0.2) is 34.0 Å². The average molecular weight is 323 g/mol. The smallest absolute Gasteiger partial charge is 0.166 e. The van der Waals surface area contributed by atoms with E-state index < -0.39 is 0 Å². The van der Waals surface area contributed by atoms with Crippen molar-refractivity contribution in [2.45, 2.75) is 5.25 Å². The summed E-state index contributed by atoms with van der Waals surface area (Å²) in [5.41, 5.74) is 0. The minimum absolute atomic E-state index is 0.303. The SMILES string of the molecule is Fc1cc(Br)cnc1NCC1CSCCS1. The number of rotatable bonds is 3. The third kappa shape index (κ3) is 3.53. The minimum Gasteiger partial charge on any atom is -0.366 e. The maximum absolute atomic E-state index is 13.4. The number of hydrogen-bond donors (Lipinski definition) is 1. The van der Waals surface area contributed by atoms with E-state index in [2.05, 4.69) is 26.2 Å². The zero-order chi connectivity index (χ0) is 11.4. The summed E-state index contributed by atoms with van der Waals surface area (Å²) in [5, 5.41) is 3.63. The van der Waals surface area contributed by atoms with E-state index in [1.165, 1.54) is 17.6 Å². The predicted octanol–water partition coefficient (Wildman–Crippen LogP) is 3.24. The highest BCUT2D eigenvalue weighted by Gasteiger charge is 2.14. The number of aromatic nitrogens is 1. The third-order valence-corrected chi connectivity index (χ3v) is 5.47. The lowest BCUT2D eigenvalue weighted by Crippen LogP contribution is -2.23. The summed E-state index contributed by atoms with van der Waals surface area (Å²) in [6.07, 6.45) is 1.61. The monoisotopic (exact) mass is 322 g/mol. The van der Waals surface area contributed by atoms with Gasteiger partial charge in [-0.15, -0.1) is 0 Å². The lowest BCUT2D eigenvalue weighted by atomic mass is 10.4. The van der Waals surface area contributed by atoms with Crippen molar-refractivity contribution in [1.82, 2.24) is 4.98 Å². The van der Waals surface area contributed by atoms with Crippen LogP contribution in [0.2, 0.25) is 0 Å². The highest BCUT2D eigenvalue weighted by molar-refractivity contribution is 9.10. The van der Waals surface area contributed by atoms with Crippen molar-refractivity contribution < 1.29 is 4.39 Å². The van der Waals surface area contributed by atoms with Crippen LogP contribution < -0.4 is 5.32 Å². The molecule has 1 fully saturated rings. The second kappa shape index (κ2) is 6.12. The van der Waals surface area contributed by atoms with E-state index in [1.807, 2.05) is 23.5 Å². The second-order valence-corrected chi connectivity index (χ2v) is 6.91. The third-order valence-electron chi connectivity index (χ3n) is 2.19. The van der Waals surface area contributed by atoms with E-state index in [-0.39, 0.29) is 5.82 Å². The average Bonchev–Trinajstić information content (AvgIpc) is 2.29. The van der Waals surface area contributed by atoms with Gasteiger partial charge in [-0.1, -0.05) is 0 Å². The molecule has 0 spiro atoms. The molecular formula is C10H12BrFN2S2. The van der Waals surface area contributed by atoms with Crippen molar-refractivity contribution in [3.63, 3.8) is 0 Å². The number of hydrogen-bond acceptors (Lipinski definition) is 4. The molecule has 1 aromatic heterocycles. The second-order valence-electron chi connectivity index (χ2n) is 3.43. The topological polar surface area (TPSA) is 24.9 Å². The zero-order valence-electron chi connectivity index (χ0n) is 8.58. The quantitative estimate of drug-likeness (QED) is 0.923. The fraction of sp³-hybridized carbons (Fsp3) is 0.500. The summed E-state index contributed by atoms with van der Waals surface area (Å²) in [6, 6.07) is 1.43. The molecule has 1 aliphatic rings. The fourth-order valence-corrected chi connectivity index (χ4v) is 4.32. The Morgan fingerprint density at radius 1 is 1.56 bits per heavy atom. The van der Waals surface area contributed by atoms with Gasteiger partial charge in [-0.25, -0.2) is 9.37 Å². The molecule has 0 aliphatic carbocycles. The van der Waals surface area contributed by atoms with Gasteiger partial charge in [-0.2, -0.15) is 23.5 Å². The van der Waals surface area contributed by atoms with Gasteiger partial charge < -0.3 is 5.32 Å². The van der Waals surface area contributed by atoms with Crippen molar-refractivity contribution in [2.75, 3.05) is 29.1 Å². The number of thioether (sulfide) groups is 2. The lowest BCUT2D eigenvalue weighted by molar-refractivity contribution is 0.623. The first kappa shape index (κ1) is 12.5. The van der Waals surface area contributed by atoms with Gasteiger partial charge in [0.1, 0.15) is 0 Å². The van der Waals surface area contributed by atoms with Crippen LogP contribution in [0.3, 0.4) is 0 Å². The molecule has 88 valence electrons. The van der Waals surface area contributed by atoms with Crippen LogP contribution in [0.15, 0.2) is 16.7 Å². The van der Waals surface area contributed by atoms with Crippen molar-refractivity contribution in [2.24, 2.45) is 0 Å². The predicted molar refractivity (Wildman–Crippen MR) is 74.0 cm³/mol. The Bertz CT molecular complexity index is 359. The summed E-state index contributed by atoms with van der Waals surface area (Å²) in [4.78, 5) is 4.01. The molecule has 1 N–H and O–H groups in total. The lowest BCUT2D eigenvalue weighted by Gasteiger charge is -2.21. The Kier molecular flexibility index (Phi) is 4.79. The molecule has 0 amide bonds. The van der Waals surface area contributed by atoms with Crippen LogP contribution in [-0.2, 0) is 0 Å². The Morgan fingerprint density at radius 2 is 2.44 bits per heavy atom. The number of nitrogens with zero attached hydrogens (tertiary/aromatic N) is 1. The first-order chi connectivity index (χ1) is 7.75. The number of nitrogens with one attached hydrogen (secondary N) is 1.